The zero-order valence-corrected chi connectivity index (χ0v) is 9.55. The molecule has 88 valence electrons. The standard InChI is InChI=1S/C12H16FNO2/c1-9-5-6-10(13)8-11(9)14-7-3-4-12(15)16-2/h5-6,8,14H,3-4,7H2,1-2H3. The van der Waals surface area contributed by atoms with Crippen LogP contribution in [0.3, 0.4) is 0 Å². The number of anilines is 1. The predicted octanol–water partition coefficient (Wildman–Crippen LogP) is 2.50. The SMILES string of the molecule is COC(=O)CCCNc1cc(F)ccc1C. The number of nitrogens with one attached hydrogen (secondary N) is 1. The number of methoxy groups -OCH3 is 1. The molecule has 0 spiro atoms. The van der Waals surface area contributed by atoms with E-state index in [0.717, 1.165) is 11.3 Å². The fourth-order valence-corrected chi connectivity index (χ4v) is 1.34. The van der Waals surface area contributed by atoms with E-state index in [4.69, 9.17) is 0 Å². The lowest BCUT2D eigenvalue weighted by atomic mass is 10.2. The van der Waals surface area contributed by atoms with E-state index in [1.807, 2.05) is 6.92 Å². The second-order valence-corrected chi connectivity index (χ2v) is 3.57. The van der Waals surface area contributed by atoms with Gasteiger partial charge >= 0.3 is 5.97 Å². The van der Waals surface area contributed by atoms with Gasteiger partial charge in [0.1, 0.15) is 5.82 Å². The van der Waals surface area contributed by atoms with Crippen LogP contribution in [0.2, 0.25) is 0 Å². The van der Waals surface area contributed by atoms with Gasteiger partial charge in [-0.1, -0.05) is 6.07 Å². The Morgan fingerprint density at radius 1 is 1.50 bits per heavy atom. The van der Waals surface area contributed by atoms with Gasteiger partial charge < -0.3 is 10.1 Å². The molecule has 0 bridgehead atoms. The van der Waals surface area contributed by atoms with Crippen LogP contribution in [-0.2, 0) is 9.53 Å². The molecule has 0 heterocycles. The van der Waals surface area contributed by atoms with Gasteiger partial charge in [0.05, 0.1) is 7.11 Å². The minimum Gasteiger partial charge on any atom is -0.469 e. The zero-order valence-electron chi connectivity index (χ0n) is 9.55. The number of halogens is 1. The second kappa shape index (κ2) is 6.10. The molecule has 0 aliphatic rings. The highest BCUT2D eigenvalue weighted by molar-refractivity contribution is 5.69. The van der Waals surface area contributed by atoms with Gasteiger partial charge in [-0.2, -0.15) is 0 Å². The van der Waals surface area contributed by atoms with E-state index in [1.54, 1.807) is 6.07 Å². The molecule has 3 nitrogen and oxygen atoms in total. The van der Waals surface area contributed by atoms with E-state index in [0.29, 0.717) is 19.4 Å². The van der Waals surface area contributed by atoms with E-state index >= 15 is 0 Å². The fourth-order valence-electron chi connectivity index (χ4n) is 1.34. The van der Waals surface area contributed by atoms with Crippen LogP contribution < -0.4 is 5.32 Å². The highest BCUT2D eigenvalue weighted by Gasteiger charge is 2.01. The molecule has 0 aliphatic carbocycles. The van der Waals surface area contributed by atoms with Crippen LogP contribution in [0.1, 0.15) is 18.4 Å². The maximum Gasteiger partial charge on any atom is 0.305 e. The van der Waals surface area contributed by atoms with Gasteiger partial charge in [-0.3, -0.25) is 4.79 Å². The van der Waals surface area contributed by atoms with Crippen LogP contribution in [0.15, 0.2) is 18.2 Å². The number of aryl methyl sites for hydroxylation is 1. The minimum absolute atomic E-state index is 0.224. The first kappa shape index (κ1) is 12.5. The van der Waals surface area contributed by atoms with Gasteiger partial charge in [0.2, 0.25) is 0 Å². The first-order valence-corrected chi connectivity index (χ1v) is 5.20. The summed E-state index contributed by atoms with van der Waals surface area (Å²) in [5, 5.41) is 3.09. The first-order chi connectivity index (χ1) is 7.63. The molecule has 0 atom stereocenters. The summed E-state index contributed by atoms with van der Waals surface area (Å²) >= 11 is 0. The van der Waals surface area contributed by atoms with Crippen LogP contribution >= 0.6 is 0 Å². The summed E-state index contributed by atoms with van der Waals surface area (Å²) in [5.41, 5.74) is 1.75. The van der Waals surface area contributed by atoms with Gasteiger partial charge in [-0.15, -0.1) is 0 Å². The van der Waals surface area contributed by atoms with Crippen molar-refractivity contribution < 1.29 is 13.9 Å². The Bertz CT molecular complexity index is 366. The third-order valence-electron chi connectivity index (χ3n) is 2.30. The molecular weight excluding hydrogens is 209 g/mol. The Hall–Kier alpha value is -1.58. The van der Waals surface area contributed by atoms with Gasteiger partial charge in [-0.25, -0.2) is 4.39 Å². The van der Waals surface area contributed by atoms with Crippen molar-refractivity contribution in [3.8, 4) is 0 Å². The highest BCUT2D eigenvalue weighted by Crippen LogP contribution is 2.15. The van der Waals surface area contributed by atoms with Crippen molar-refractivity contribution in [1.29, 1.82) is 0 Å². The Morgan fingerprint density at radius 2 is 2.25 bits per heavy atom. The van der Waals surface area contributed by atoms with E-state index in [-0.39, 0.29) is 11.8 Å². The smallest absolute Gasteiger partial charge is 0.305 e. The van der Waals surface area contributed by atoms with Crippen molar-refractivity contribution in [3.63, 3.8) is 0 Å². The lowest BCUT2D eigenvalue weighted by Crippen LogP contribution is -2.07. The normalized spacial score (nSPS) is 9.94. The Labute approximate surface area is 94.6 Å². The topological polar surface area (TPSA) is 38.3 Å². The summed E-state index contributed by atoms with van der Waals surface area (Å²) in [4.78, 5) is 10.8. The van der Waals surface area contributed by atoms with Crippen molar-refractivity contribution in [2.45, 2.75) is 19.8 Å². The first-order valence-electron chi connectivity index (χ1n) is 5.20. The second-order valence-electron chi connectivity index (χ2n) is 3.57. The monoisotopic (exact) mass is 225 g/mol. The number of esters is 1. The lowest BCUT2D eigenvalue weighted by molar-refractivity contribution is -0.140. The van der Waals surface area contributed by atoms with Crippen LogP contribution in [-0.4, -0.2) is 19.6 Å². The van der Waals surface area contributed by atoms with Crippen LogP contribution in [0.25, 0.3) is 0 Å². The summed E-state index contributed by atoms with van der Waals surface area (Å²) < 4.78 is 17.4. The number of carbonyl (C=O) groups is 1. The Morgan fingerprint density at radius 3 is 2.94 bits per heavy atom. The molecule has 4 heteroatoms. The maximum atomic E-state index is 12.9. The number of hydrogen-bond acceptors (Lipinski definition) is 3. The summed E-state index contributed by atoms with van der Waals surface area (Å²) in [6.45, 7) is 2.53. The summed E-state index contributed by atoms with van der Waals surface area (Å²) in [6, 6.07) is 4.60. The molecule has 0 aromatic heterocycles. The van der Waals surface area contributed by atoms with Crippen LogP contribution in [0.4, 0.5) is 10.1 Å². The highest BCUT2D eigenvalue weighted by atomic mass is 19.1. The molecule has 1 N–H and O–H groups in total. The molecule has 1 aromatic rings. The summed E-state index contributed by atoms with van der Waals surface area (Å²) in [5.74, 6) is -0.487. The van der Waals surface area contributed by atoms with E-state index < -0.39 is 0 Å². The van der Waals surface area contributed by atoms with Crippen molar-refractivity contribution in [2.75, 3.05) is 19.0 Å². The van der Waals surface area contributed by atoms with Crippen molar-refractivity contribution >= 4 is 11.7 Å². The molecule has 0 aliphatic heterocycles. The Kier molecular flexibility index (Phi) is 4.76. The average Bonchev–Trinajstić information content (AvgIpc) is 2.28. The third kappa shape index (κ3) is 3.88. The molecule has 0 unspecified atom stereocenters. The Balaban J connectivity index is 2.37. The predicted molar refractivity (Wildman–Crippen MR) is 60.9 cm³/mol. The average molecular weight is 225 g/mol. The number of carbonyl (C=O) groups excluding carboxylic acids is 1. The molecular formula is C12H16FNO2. The number of ether oxygens (including phenoxy) is 1. The number of rotatable bonds is 5. The van der Waals surface area contributed by atoms with E-state index in [1.165, 1.54) is 19.2 Å². The van der Waals surface area contributed by atoms with Crippen molar-refractivity contribution in [1.82, 2.24) is 0 Å². The van der Waals surface area contributed by atoms with Crippen molar-refractivity contribution in [3.05, 3.63) is 29.6 Å². The quantitative estimate of drug-likeness (QED) is 0.618. The zero-order chi connectivity index (χ0) is 12.0. The van der Waals surface area contributed by atoms with Gasteiger partial charge in [0, 0.05) is 18.7 Å². The summed E-state index contributed by atoms with van der Waals surface area (Å²) in [7, 11) is 1.37. The molecule has 0 saturated heterocycles. The lowest BCUT2D eigenvalue weighted by Gasteiger charge is -2.08. The molecule has 1 rings (SSSR count). The molecule has 16 heavy (non-hydrogen) atoms. The summed E-state index contributed by atoms with van der Waals surface area (Å²) in [6.07, 6.45) is 1.04. The fraction of sp³-hybridized carbons (Fsp3) is 0.417. The molecule has 0 radical (unpaired) electrons. The van der Waals surface area contributed by atoms with Gasteiger partial charge in [-0.05, 0) is 31.0 Å². The maximum absolute atomic E-state index is 12.9. The van der Waals surface area contributed by atoms with E-state index in [2.05, 4.69) is 10.1 Å². The minimum atomic E-state index is -0.263. The van der Waals surface area contributed by atoms with E-state index in [9.17, 15) is 9.18 Å². The van der Waals surface area contributed by atoms with Gasteiger partial charge in [0.15, 0.2) is 0 Å². The van der Waals surface area contributed by atoms with Crippen LogP contribution in [0, 0.1) is 12.7 Å². The van der Waals surface area contributed by atoms with Crippen LogP contribution in [0.5, 0.6) is 0 Å². The largest absolute Gasteiger partial charge is 0.469 e. The number of benzene rings is 1. The van der Waals surface area contributed by atoms with Crippen molar-refractivity contribution in [2.24, 2.45) is 0 Å². The molecule has 1 aromatic carbocycles. The molecule has 0 saturated carbocycles. The molecule has 0 fully saturated rings. The number of hydrogen-bond donors (Lipinski definition) is 1. The molecule has 0 amide bonds. The third-order valence-corrected chi connectivity index (χ3v) is 2.30. The van der Waals surface area contributed by atoms with Gasteiger partial charge in [0.25, 0.3) is 0 Å².